The standard InChI is InChI=1S/C11H9FN4O2/c1-6-4-7(5-14-9(6)12)8-2-3-13-10(15-8)16-11(17)18/h2-5H,1H3,(H,17,18)(H,13,15,16). The molecule has 18 heavy (non-hydrogen) atoms. The van der Waals surface area contributed by atoms with E-state index in [0.717, 1.165) is 0 Å². The molecule has 0 fully saturated rings. The fraction of sp³-hybridized carbons (Fsp3) is 0.0909. The van der Waals surface area contributed by atoms with Crippen molar-refractivity contribution < 1.29 is 14.3 Å². The summed E-state index contributed by atoms with van der Waals surface area (Å²) in [4.78, 5) is 21.8. The van der Waals surface area contributed by atoms with Crippen LogP contribution in [0.2, 0.25) is 0 Å². The highest BCUT2D eigenvalue weighted by Gasteiger charge is 2.07. The van der Waals surface area contributed by atoms with Gasteiger partial charge in [-0.05, 0) is 19.1 Å². The highest BCUT2D eigenvalue weighted by molar-refractivity contribution is 5.80. The maximum absolute atomic E-state index is 13.0. The minimum atomic E-state index is -1.25. The summed E-state index contributed by atoms with van der Waals surface area (Å²) in [6.45, 7) is 1.59. The number of pyridine rings is 1. The van der Waals surface area contributed by atoms with Crippen LogP contribution in [-0.2, 0) is 0 Å². The second-order valence-corrected chi connectivity index (χ2v) is 3.53. The molecule has 2 aromatic heterocycles. The molecule has 0 atom stereocenters. The third-order valence-electron chi connectivity index (χ3n) is 2.18. The average molecular weight is 248 g/mol. The first-order valence-corrected chi connectivity index (χ1v) is 5.02. The van der Waals surface area contributed by atoms with Crippen LogP contribution in [0.1, 0.15) is 5.56 Å². The minimum Gasteiger partial charge on any atom is -0.465 e. The van der Waals surface area contributed by atoms with Gasteiger partial charge in [0.05, 0.1) is 5.69 Å². The Balaban J connectivity index is 2.38. The SMILES string of the molecule is Cc1cc(-c2ccnc(NC(=O)O)n2)cnc1F. The second kappa shape index (κ2) is 4.74. The molecule has 0 unspecified atom stereocenters. The van der Waals surface area contributed by atoms with E-state index in [4.69, 9.17) is 5.11 Å². The van der Waals surface area contributed by atoms with Crippen LogP contribution in [0.25, 0.3) is 11.3 Å². The quantitative estimate of drug-likeness (QED) is 0.794. The predicted molar refractivity (Wildman–Crippen MR) is 61.6 cm³/mol. The van der Waals surface area contributed by atoms with Crippen molar-refractivity contribution in [2.75, 3.05) is 5.32 Å². The first kappa shape index (κ1) is 11.9. The zero-order chi connectivity index (χ0) is 13.1. The van der Waals surface area contributed by atoms with Gasteiger partial charge in [-0.1, -0.05) is 0 Å². The van der Waals surface area contributed by atoms with Gasteiger partial charge >= 0.3 is 6.09 Å². The summed E-state index contributed by atoms with van der Waals surface area (Å²) in [5.41, 5.74) is 1.44. The summed E-state index contributed by atoms with van der Waals surface area (Å²) in [6, 6.07) is 3.16. The Morgan fingerprint density at radius 3 is 2.89 bits per heavy atom. The highest BCUT2D eigenvalue weighted by Crippen LogP contribution is 2.18. The zero-order valence-electron chi connectivity index (χ0n) is 9.38. The lowest BCUT2D eigenvalue weighted by molar-refractivity contribution is 0.209. The molecule has 2 rings (SSSR count). The molecule has 0 aliphatic carbocycles. The number of carbonyl (C=O) groups is 1. The number of rotatable bonds is 2. The number of nitrogens with zero attached hydrogens (tertiary/aromatic N) is 3. The van der Waals surface area contributed by atoms with Crippen molar-refractivity contribution >= 4 is 12.0 Å². The van der Waals surface area contributed by atoms with Gasteiger partial charge in [-0.2, -0.15) is 4.39 Å². The molecule has 7 heteroatoms. The molecule has 0 aliphatic heterocycles. The second-order valence-electron chi connectivity index (χ2n) is 3.53. The van der Waals surface area contributed by atoms with Crippen LogP contribution in [0.15, 0.2) is 24.5 Å². The van der Waals surface area contributed by atoms with E-state index in [1.54, 1.807) is 19.1 Å². The summed E-state index contributed by atoms with van der Waals surface area (Å²) < 4.78 is 13.0. The first-order valence-electron chi connectivity index (χ1n) is 5.02. The molecule has 2 heterocycles. The van der Waals surface area contributed by atoms with E-state index in [1.807, 2.05) is 5.32 Å². The van der Waals surface area contributed by atoms with E-state index in [9.17, 15) is 9.18 Å². The van der Waals surface area contributed by atoms with E-state index in [2.05, 4.69) is 15.0 Å². The Hall–Kier alpha value is -2.57. The van der Waals surface area contributed by atoms with Gasteiger partial charge in [0.15, 0.2) is 0 Å². The van der Waals surface area contributed by atoms with Crippen molar-refractivity contribution in [2.24, 2.45) is 0 Å². The number of halogens is 1. The van der Waals surface area contributed by atoms with Crippen LogP contribution in [0, 0.1) is 12.9 Å². The van der Waals surface area contributed by atoms with Crippen molar-refractivity contribution in [3.8, 4) is 11.3 Å². The third kappa shape index (κ3) is 2.57. The van der Waals surface area contributed by atoms with Crippen LogP contribution in [-0.4, -0.2) is 26.2 Å². The van der Waals surface area contributed by atoms with E-state index < -0.39 is 12.0 Å². The van der Waals surface area contributed by atoms with E-state index in [-0.39, 0.29) is 5.95 Å². The Kier molecular flexibility index (Phi) is 3.13. The summed E-state index contributed by atoms with van der Waals surface area (Å²) in [7, 11) is 0. The number of hydrogen-bond acceptors (Lipinski definition) is 4. The van der Waals surface area contributed by atoms with Gasteiger partial charge in [0.2, 0.25) is 11.9 Å². The molecule has 0 aliphatic rings. The topological polar surface area (TPSA) is 88.0 Å². The van der Waals surface area contributed by atoms with Crippen LogP contribution in [0.3, 0.4) is 0 Å². The Morgan fingerprint density at radius 1 is 1.44 bits per heavy atom. The normalized spacial score (nSPS) is 10.1. The van der Waals surface area contributed by atoms with Crippen LogP contribution in [0.4, 0.5) is 15.1 Å². The van der Waals surface area contributed by atoms with Gasteiger partial charge in [-0.3, -0.25) is 5.32 Å². The lowest BCUT2D eigenvalue weighted by Crippen LogP contribution is -2.10. The van der Waals surface area contributed by atoms with E-state index in [0.29, 0.717) is 16.8 Å². The maximum atomic E-state index is 13.0. The monoisotopic (exact) mass is 248 g/mol. The Labute approximate surface area is 102 Å². The van der Waals surface area contributed by atoms with Crippen molar-refractivity contribution in [2.45, 2.75) is 6.92 Å². The molecule has 1 amide bonds. The van der Waals surface area contributed by atoms with Gasteiger partial charge in [-0.15, -0.1) is 0 Å². The number of amides is 1. The molecular formula is C11H9FN4O2. The number of hydrogen-bond donors (Lipinski definition) is 2. The highest BCUT2D eigenvalue weighted by atomic mass is 19.1. The Morgan fingerprint density at radius 2 is 2.22 bits per heavy atom. The van der Waals surface area contributed by atoms with E-state index in [1.165, 1.54) is 12.4 Å². The minimum absolute atomic E-state index is 0.0398. The van der Waals surface area contributed by atoms with Gasteiger partial charge in [0.25, 0.3) is 0 Å². The number of anilines is 1. The van der Waals surface area contributed by atoms with Crippen molar-refractivity contribution in [3.63, 3.8) is 0 Å². The van der Waals surface area contributed by atoms with Crippen LogP contribution >= 0.6 is 0 Å². The fourth-order valence-corrected chi connectivity index (χ4v) is 1.37. The molecule has 2 aromatic rings. The molecule has 0 radical (unpaired) electrons. The molecule has 0 spiro atoms. The molecule has 0 saturated carbocycles. The molecular weight excluding hydrogens is 239 g/mol. The predicted octanol–water partition coefficient (Wildman–Crippen LogP) is 2.08. The molecule has 92 valence electrons. The maximum Gasteiger partial charge on any atom is 0.411 e. The lowest BCUT2D eigenvalue weighted by Gasteiger charge is -2.04. The van der Waals surface area contributed by atoms with Gasteiger partial charge in [0, 0.05) is 23.5 Å². The van der Waals surface area contributed by atoms with Gasteiger partial charge in [-0.25, -0.2) is 19.7 Å². The smallest absolute Gasteiger partial charge is 0.411 e. The summed E-state index contributed by atoms with van der Waals surface area (Å²) >= 11 is 0. The van der Waals surface area contributed by atoms with E-state index >= 15 is 0 Å². The largest absolute Gasteiger partial charge is 0.465 e. The van der Waals surface area contributed by atoms with Crippen LogP contribution < -0.4 is 5.32 Å². The molecule has 2 N–H and O–H groups in total. The van der Waals surface area contributed by atoms with Crippen LogP contribution in [0.5, 0.6) is 0 Å². The summed E-state index contributed by atoms with van der Waals surface area (Å²) in [6.07, 6.45) is 1.49. The summed E-state index contributed by atoms with van der Waals surface area (Å²) in [5, 5.41) is 10.6. The van der Waals surface area contributed by atoms with Gasteiger partial charge < -0.3 is 5.11 Å². The molecule has 0 aromatic carbocycles. The summed E-state index contributed by atoms with van der Waals surface area (Å²) in [5.74, 6) is -0.585. The lowest BCUT2D eigenvalue weighted by atomic mass is 10.1. The number of nitrogens with one attached hydrogen (secondary N) is 1. The van der Waals surface area contributed by atoms with Crippen molar-refractivity contribution in [1.82, 2.24) is 15.0 Å². The Bertz CT molecular complexity index is 603. The number of aryl methyl sites for hydroxylation is 1. The first-order chi connectivity index (χ1) is 8.56. The average Bonchev–Trinajstić information content (AvgIpc) is 2.32. The third-order valence-corrected chi connectivity index (χ3v) is 2.18. The number of carboxylic acid groups (broad SMARTS) is 1. The fourth-order valence-electron chi connectivity index (χ4n) is 1.37. The molecule has 0 bridgehead atoms. The van der Waals surface area contributed by atoms with Gasteiger partial charge in [0.1, 0.15) is 0 Å². The molecule has 0 saturated heterocycles. The molecule has 6 nitrogen and oxygen atoms in total. The van der Waals surface area contributed by atoms with Crippen molar-refractivity contribution in [3.05, 3.63) is 36.0 Å². The zero-order valence-corrected chi connectivity index (χ0v) is 9.38. The number of aromatic nitrogens is 3. The van der Waals surface area contributed by atoms with Crippen molar-refractivity contribution in [1.29, 1.82) is 0 Å².